The summed E-state index contributed by atoms with van der Waals surface area (Å²) in [5.41, 5.74) is 7.69. The largest absolute Gasteiger partial charge is 0.391 e. The lowest BCUT2D eigenvalue weighted by Crippen LogP contribution is -2.11. The van der Waals surface area contributed by atoms with Gasteiger partial charge in [0, 0.05) is 30.7 Å². The maximum atomic E-state index is 14.9. The van der Waals surface area contributed by atoms with E-state index in [1.165, 1.54) is 12.3 Å². The number of rotatable bonds is 3. The Morgan fingerprint density at radius 2 is 1.94 bits per heavy atom. The van der Waals surface area contributed by atoms with E-state index in [2.05, 4.69) is 33.4 Å². The van der Waals surface area contributed by atoms with Crippen LogP contribution in [0.2, 0.25) is 5.02 Å². The number of ether oxygens (including phenoxy) is 2. The topological polar surface area (TPSA) is 108 Å². The fraction of sp³-hybridized carbons (Fsp3) is 0.542. The summed E-state index contributed by atoms with van der Waals surface area (Å²) < 4.78 is 27.5. The fourth-order valence-electron chi connectivity index (χ4n) is 4.35. The number of hydrogen-bond acceptors (Lipinski definition) is 7. The van der Waals surface area contributed by atoms with Gasteiger partial charge < -0.3 is 24.9 Å². The van der Waals surface area contributed by atoms with Gasteiger partial charge in [0.1, 0.15) is 11.3 Å². The van der Waals surface area contributed by atoms with Gasteiger partial charge in [-0.15, -0.1) is 0 Å². The highest BCUT2D eigenvalue weighted by Crippen LogP contribution is 2.35. The number of nitrogens with two attached hydrogens (primary N) is 1. The van der Waals surface area contributed by atoms with Gasteiger partial charge in [0.25, 0.3) is 0 Å². The third-order valence-electron chi connectivity index (χ3n) is 6.01. The Morgan fingerprint density at radius 1 is 1.15 bits per heavy atom. The van der Waals surface area contributed by atoms with Crippen LogP contribution < -0.4 is 5.73 Å². The standard InChI is InChI=1S/C18H19ClFN5O.C6H12O2/c1-9(2)25-14-6-11(15-12(19)7-22-18(21)24-15)5-13(20)16(14)23-17(25)10-3-4-26-8-10;7-6-3-1-2-4-8-5-6/h5-7,9-10H,3-4,8H2,1-2H3,(H2,21,22,24);6-7H,1-5H2/t;6-/m.0/s1. The summed E-state index contributed by atoms with van der Waals surface area (Å²) in [6.07, 6.45) is 5.25. The molecule has 3 N–H and O–H groups in total. The summed E-state index contributed by atoms with van der Waals surface area (Å²) in [5.74, 6) is 0.708. The zero-order valence-corrected chi connectivity index (χ0v) is 20.3. The molecule has 1 unspecified atom stereocenters. The number of halogens is 2. The van der Waals surface area contributed by atoms with Crippen LogP contribution in [-0.2, 0) is 9.47 Å². The first-order chi connectivity index (χ1) is 16.3. The average Bonchev–Trinajstić information content (AvgIpc) is 3.40. The summed E-state index contributed by atoms with van der Waals surface area (Å²) in [7, 11) is 0. The Morgan fingerprint density at radius 3 is 2.68 bits per heavy atom. The normalized spacial score (nSPS) is 20.9. The second-order valence-electron chi connectivity index (χ2n) is 8.97. The first kappa shape index (κ1) is 24.8. The number of aliphatic hydroxyl groups excluding tert-OH is 1. The lowest BCUT2D eigenvalue weighted by Gasteiger charge is -2.16. The van der Waals surface area contributed by atoms with E-state index >= 15 is 0 Å². The lowest BCUT2D eigenvalue weighted by atomic mass is 10.1. The van der Waals surface area contributed by atoms with Crippen LogP contribution in [0.5, 0.6) is 0 Å². The Labute approximate surface area is 203 Å². The number of nitrogen functional groups attached to an aromatic ring is 1. The second-order valence-corrected chi connectivity index (χ2v) is 9.38. The monoisotopic (exact) mass is 491 g/mol. The van der Waals surface area contributed by atoms with E-state index in [-0.39, 0.29) is 24.0 Å². The predicted octanol–water partition coefficient (Wildman–Crippen LogP) is 4.50. The molecule has 2 saturated heterocycles. The number of anilines is 1. The summed E-state index contributed by atoms with van der Waals surface area (Å²) in [5, 5.41) is 9.28. The maximum absolute atomic E-state index is 14.9. The molecule has 3 aromatic rings. The van der Waals surface area contributed by atoms with Crippen molar-refractivity contribution in [3.8, 4) is 11.3 Å². The highest BCUT2D eigenvalue weighted by molar-refractivity contribution is 6.33. The zero-order valence-electron chi connectivity index (χ0n) is 19.5. The molecular weight excluding hydrogens is 461 g/mol. The van der Waals surface area contributed by atoms with Gasteiger partial charge in [0.05, 0.1) is 41.7 Å². The highest BCUT2D eigenvalue weighted by Gasteiger charge is 2.27. The molecule has 0 radical (unpaired) electrons. The van der Waals surface area contributed by atoms with E-state index in [0.717, 1.165) is 38.1 Å². The van der Waals surface area contributed by atoms with Crippen LogP contribution in [0.4, 0.5) is 10.3 Å². The predicted molar refractivity (Wildman–Crippen MR) is 129 cm³/mol. The molecule has 0 spiro atoms. The van der Waals surface area contributed by atoms with Crippen LogP contribution in [0.1, 0.15) is 57.3 Å². The van der Waals surface area contributed by atoms with Crippen molar-refractivity contribution in [3.05, 3.63) is 35.0 Å². The van der Waals surface area contributed by atoms with Crippen molar-refractivity contribution in [2.75, 3.05) is 32.2 Å². The van der Waals surface area contributed by atoms with Crippen LogP contribution in [0, 0.1) is 5.82 Å². The number of fused-ring (bicyclic) bond motifs is 1. The smallest absolute Gasteiger partial charge is 0.220 e. The van der Waals surface area contributed by atoms with Crippen molar-refractivity contribution in [2.24, 2.45) is 0 Å². The van der Waals surface area contributed by atoms with Gasteiger partial charge in [0.2, 0.25) is 5.95 Å². The molecule has 2 fully saturated rings. The van der Waals surface area contributed by atoms with Crippen LogP contribution in [0.25, 0.3) is 22.3 Å². The van der Waals surface area contributed by atoms with Crippen LogP contribution >= 0.6 is 11.6 Å². The Bertz CT molecular complexity index is 1130. The summed E-state index contributed by atoms with van der Waals surface area (Å²) in [6.45, 7) is 6.80. The second kappa shape index (κ2) is 10.9. The molecule has 8 nitrogen and oxygen atoms in total. The number of aromatic nitrogens is 4. The van der Waals surface area contributed by atoms with E-state index < -0.39 is 5.82 Å². The van der Waals surface area contributed by atoms with Crippen molar-refractivity contribution in [3.63, 3.8) is 0 Å². The van der Waals surface area contributed by atoms with Gasteiger partial charge in [-0.1, -0.05) is 11.6 Å². The third kappa shape index (κ3) is 5.49. The van der Waals surface area contributed by atoms with Gasteiger partial charge in [-0.25, -0.2) is 19.3 Å². The molecule has 0 bridgehead atoms. The molecule has 0 amide bonds. The van der Waals surface area contributed by atoms with Crippen molar-refractivity contribution >= 4 is 28.6 Å². The average molecular weight is 492 g/mol. The Kier molecular flexibility index (Phi) is 7.98. The van der Waals surface area contributed by atoms with Gasteiger partial charge in [-0.05, 0) is 51.7 Å². The quantitative estimate of drug-likeness (QED) is 0.555. The number of imidazole rings is 1. The molecule has 10 heteroatoms. The van der Waals surface area contributed by atoms with Crippen molar-refractivity contribution in [1.29, 1.82) is 0 Å². The van der Waals surface area contributed by atoms with Crippen molar-refractivity contribution in [1.82, 2.24) is 19.5 Å². The molecule has 2 aliphatic heterocycles. The third-order valence-corrected chi connectivity index (χ3v) is 6.29. The molecule has 34 heavy (non-hydrogen) atoms. The fourth-order valence-corrected chi connectivity index (χ4v) is 4.55. The lowest BCUT2D eigenvalue weighted by molar-refractivity contribution is 0.0512. The minimum Gasteiger partial charge on any atom is -0.391 e. The molecule has 5 rings (SSSR count). The van der Waals surface area contributed by atoms with Gasteiger partial charge in [-0.2, -0.15) is 0 Å². The summed E-state index contributed by atoms with van der Waals surface area (Å²) in [4.78, 5) is 12.6. The van der Waals surface area contributed by atoms with Crippen LogP contribution in [-0.4, -0.2) is 57.2 Å². The molecule has 2 atom stereocenters. The summed E-state index contributed by atoms with van der Waals surface area (Å²) in [6, 6.07) is 3.37. The first-order valence-electron chi connectivity index (χ1n) is 11.7. The van der Waals surface area contributed by atoms with E-state index in [0.29, 0.717) is 47.1 Å². The molecule has 0 aliphatic carbocycles. The van der Waals surface area contributed by atoms with E-state index in [1.807, 2.05) is 6.07 Å². The number of benzene rings is 1. The molecule has 2 aliphatic rings. The molecule has 2 aromatic heterocycles. The van der Waals surface area contributed by atoms with E-state index in [1.54, 1.807) is 0 Å². The van der Waals surface area contributed by atoms with Gasteiger partial charge in [-0.3, -0.25) is 0 Å². The molecule has 184 valence electrons. The summed E-state index contributed by atoms with van der Waals surface area (Å²) >= 11 is 6.20. The molecular formula is C24H31ClFN5O3. The maximum Gasteiger partial charge on any atom is 0.220 e. The molecule has 4 heterocycles. The zero-order chi connectivity index (χ0) is 24.2. The number of hydrogen-bond donors (Lipinski definition) is 2. The van der Waals surface area contributed by atoms with Gasteiger partial charge >= 0.3 is 0 Å². The van der Waals surface area contributed by atoms with Crippen molar-refractivity contribution < 1.29 is 19.0 Å². The minimum atomic E-state index is -0.412. The minimum absolute atomic E-state index is 0.0889. The Hall–Kier alpha value is -2.33. The Balaban J connectivity index is 0.000000291. The van der Waals surface area contributed by atoms with Crippen molar-refractivity contribution in [2.45, 2.75) is 57.6 Å². The number of nitrogens with zero attached hydrogens (tertiary/aromatic N) is 4. The van der Waals surface area contributed by atoms with Crippen LogP contribution in [0.15, 0.2) is 18.3 Å². The van der Waals surface area contributed by atoms with Gasteiger partial charge in [0.15, 0.2) is 5.82 Å². The number of aliphatic hydroxyl groups is 1. The first-order valence-corrected chi connectivity index (χ1v) is 12.1. The molecule has 1 aromatic carbocycles. The van der Waals surface area contributed by atoms with E-state index in [9.17, 15) is 4.39 Å². The van der Waals surface area contributed by atoms with E-state index in [4.69, 9.17) is 31.9 Å². The molecule has 0 saturated carbocycles. The SMILES string of the molecule is CC(C)n1c(C2CCOC2)nc2c(F)cc(-c3nc(N)ncc3Cl)cc21.O[C@H]1CCCCOC1. The van der Waals surface area contributed by atoms with Crippen LogP contribution in [0.3, 0.4) is 0 Å². The highest BCUT2D eigenvalue weighted by atomic mass is 35.5.